The summed E-state index contributed by atoms with van der Waals surface area (Å²) in [6.45, 7) is 0.832. The van der Waals surface area contributed by atoms with Crippen LogP contribution in [-0.2, 0) is 16.0 Å². The second kappa shape index (κ2) is 11.6. The van der Waals surface area contributed by atoms with Gasteiger partial charge >= 0.3 is 0 Å². The Morgan fingerprint density at radius 2 is 1.80 bits per heavy atom. The number of carbonyl (C=O) groups is 4. The zero-order valence-electron chi connectivity index (χ0n) is 25.4. The van der Waals surface area contributed by atoms with Gasteiger partial charge in [-0.2, -0.15) is 0 Å². The van der Waals surface area contributed by atoms with Crippen molar-refractivity contribution in [1.29, 1.82) is 0 Å². The van der Waals surface area contributed by atoms with E-state index in [4.69, 9.17) is 5.73 Å². The van der Waals surface area contributed by atoms with Gasteiger partial charge in [-0.3, -0.25) is 19.2 Å². The third kappa shape index (κ3) is 5.09. The fraction of sp³-hybridized carbons (Fsp3) is 0.438. The second-order valence-corrected chi connectivity index (χ2v) is 12.5. The van der Waals surface area contributed by atoms with E-state index in [9.17, 15) is 44.0 Å². The van der Waals surface area contributed by atoms with Crippen LogP contribution in [0, 0.1) is 23.6 Å². The Labute approximate surface area is 258 Å². The highest BCUT2D eigenvalue weighted by Gasteiger charge is 2.66. The Kier molecular flexibility index (Phi) is 8.34. The molecule has 3 aliphatic rings. The normalized spacial score (nSPS) is 27.7. The number of benzene rings is 2. The molecule has 4 unspecified atom stereocenters. The molecule has 2 aromatic carbocycles. The molecule has 0 aliphatic heterocycles. The molecule has 1 fully saturated rings. The largest absolute Gasteiger partial charge is 0.508 e. The summed E-state index contributed by atoms with van der Waals surface area (Å²) in [7, 11) is 6.84. The Balaban J connectivity index is 1.61. The molecule has 2 aromatic rings. The third-order valence-corrected chi connectivity index (χ3v) is 9.34. The number of primary amides is 1. The maximum atomic E-state index is 14.8. The topological polar surface area (TPSA) is 194 Å². The van der Waals surface area contributed by atoms with Crippen LogP contribution in [0.1, 0.15) is 32.7 Å². The summed E-state index contributed by atoms with van der Waals surface area (Å²) in [5.41, 5.74) is 3.30. The number of hydrogen-bond acceptors (Lipinski definition) is 10. The first-order valence-corrected chi connectivity index (χ1v) is 14.6. The number of nitrogens with two attached hydrogens (primary N) is 1. The van der Waals surface area contributed by atoms with Crippen molar-refractivity contribution in [2.45, 2.75) is 30.6 Å². The lowest BCUT2D eigenvalue weighted by Crippen LogP contribution is -2.71. The van der Waals surface area contributed by atoms with E-state index in [0.717, 1.165) is 6.07 Å². The van der Waals surface area contributed by atoms with Gasteiger partial charge in [0.15, 0.2) is 17.2 Å². The van der Waals surface area contributed by atoms with Gasteiger partial charge in [0.2, 0.25) is 5.91 Å². The number of fused-ring (bicyclic) bond motifs is 3. The molecule has 3 aliphatic carbocycles. The van der Waals surface area contributed by atoms with E-state index in [1.165, 1.54) is 23.1 Å². The van der Waals surface area contributed by atoms with Gasteiger partial charge in [-0.15, -0.1) is 0 Å². The van der Waals surface area contributed by atoms with Crippen LogP contribution >= 0.6 is 0 Å². The van der Waals surface area contributed by atoms with Crippen LogP contribution in [0.4, 0.5) is 4.39 Å². The number of carbonyl (C=O) groups excluding carboxylic acids is 4. The Morgan fingerprint density at radius 1 is 1.11 bits per heavy atom. The van der Waals surface area contributed by atoms with E-state index in [0.29, 0.717) is 23.2 Å². The summed E-state index contributed by atoms with van der Waals surface area (Å²) in [6.07, 6.45) is -1.57. The predicted molar refractivity (Wildman–Crippen MR) is 160 cm³/mol. The van der Waals surface area contributed by atoms with Crippen molar-refractivity contribution in [3.63, 3.8) is 0 Å². The van der Waals surface area contributed by atoms with Crippen LogP contribution in [-0.4, -0.2) is 113 Å². The number of halogens is 1. The number of amides is 2. The molecule has 6 atom stereocenters. The van der Waals surface area contributed by atoms with Gasteiger partial charge in [-0.25, -0.2) is 4.39 Å². The number of phenolic OH excluding ortho intramolecular Hbond substituents is 1. The molecular weight excluding hydrogens is 587 g/mol. The van der Waals surface area contributed by atoms with Gasteiger partial charge in [-0.1, -0.05) is 12.1 Å². The highest BCUT2D eigenvalue weighted by atomic mass is 19.1. The molecule has 2 amide bonds. The van der Waals surface area contributed by atoms with Crippen molar-refractivity contribution in [3.8, 4) is 16.9 Å². The monoisotopic (exact) mass is 624 g/mol. The summed E-state index contributed by atoms with van der Waals surface area (Å²) >= 11 is 0. The molecule has 7 N–H and O–H groups in total. The molecule has 0 radical (unpaired) electrons. The number of Topliss-reactive ketones (excluding diaryl/α,β-unsaturated/α-hetero) is 2. The Morgan fingerprint density at radius 3 is 2.42 bits per heavy atom. The fourth-order valence-electron chi connectivity index (χ4n) is 7.23. The van der Waals surface area contributed by atoms with Crippen LogP contribution in [0.3, 0.4) is 0 Å². The molecular formula is C32H37FN4O8. The summed E-state index contributed by atoms with van der Waals surface area (Å²) in [5, 5.41) is 47.8. The molecule has 0 spiro atoms. The molecule has 240 valence electrons. The van der Waals surface area contributed by atoms with Crippen LogP contribution in [0.25, 0.3) is 11.1 Å². The van der Waals surface area contributed by atoms with Crippen molar-refractivity contribution >= 4 is 23.4 Å². The molecule has 0 saturated heterocycles. The molecule has 1 saturated carbocycles. The SMILES string of the molecule is CN(C)CCNC(=O)c1cc(-c2ccc(O)c3c2CC2CC4[C@H](N(C)C)C(O)C(C(N)=O)C(=O)[C@@]4(O)C(O)=C2C3=O)ccc1F. The molecule has 45 heavy (non-hydrogen) atoms. The number of ketones is 2. The minimum atomic E-state index is -2.69. The van der Waals surface area contributed by atoms with E-state index in [1.807, 2.05) is 19.0 Å². The number of aliphatic hydroxyl groups excluding tert-OH is 2. The van der Waals surface area contributed by atoms with Crippen LogP contribution in [0.15, 0.2) is 41.7 Å². The number of aromatic hydroxyl groups is 1. The van der Waals surface area contributed by atoms with Crippen LogP contribution in [0.2, 0.25) is 0 Å². The van der Waals surface area contributed by atoms with Gasteiger partial charge in [0.1, 0.15) is 23.2 Å². The first-order chi connectivity index (χ1) is 21.1. The van der Waals surface area contributed by atoms with Crippen molar-refractivity contribution in [1.82, 2.24) is 15.1 Å². The lowest BCUT2D eigenvalue weighted by Gasteiger charge is -2.53. The molecule has 0 heterocycles. The molecule has 12 nitrogen and oxygen atoms in total. The quantitative estimate of drug-likeness (QED) is 0.235. The molecule has 0 bridgehead atoms. The number of hydrogen-bond donors (Lipinski definition) is 6. The molecule has 0 aromatic heterocycles. The van der Waals surface area contributed by atoms with E-state index in [1.54, 1.807) is 20.2 Å². The van der Waals surface area contributed by atoms with Crippen LogP contribution in [0.5, 0.6) is 5.75 Å². The summed E-state index contributed by atoms with van der Waals surface area (Å²) in [6, 6.07) is 5.77. The number of likely N-dealkylation sites (N-methyl/N-ethyl adjacent to an activating group) is 2. The highest BCUT2D eigenvalue weighted by molar-refractivity contribution is 6.16. The third-order valence-electron chi connectivity index (χ3n) is 9.34. The van der Waals surface area contributed by atoms with Gasteiger partial charge in [0.25, 0.3) is 5.91 Å². The number of nitrogens with zero attached hydrogens (tertiary/aromatic N) is 2. The summed E-state index contributed by atoms with van der Waals surface area (Å²) in [5.74, 6) is -9.65. The Hall–Kier alpha value is -4.17. The number of allylic oxidation sites excluding steroid dienone is 1. The van der Waals surface area contributed by atoms with Crippen molar-refractivity contribution in [2.75, 3.05) is 41.3 Å². The maximum Gasteiger partial charge on any atom is 0.254 e. The number of aliphatic hydroxyl groups is 3. The highest BCUT2D eigenvalue weighted by Crippen LogP contribution is 2.53. The average Bonchev–Trinajstić information content (AvgIpc) is 2.95. The second-order valence-electron chi connectivity index (χ2n) is 12.5. The van der Waals surface area contributed by atoms with E-state index in [-0.39, 0.29) is 36.1 Å². The van der Waals surface area contributed by atoms with Crippen molar-refractivity contribution in [2.24, 2.45) is 23.5 Å². The summed E-state index contributed by atoms with van der Waals surface area (Å²) < 4.78 is 14.8. The number of nitrogens with one attached hydrogen (secondary N) is 1. The zero-order chi connectivity index (χ0) is 33.1. The van der Waals surface area contributed by atoms with Crippen molar-refractivity contribution in [3.05, 3.63) is 64.2 Å². The minimum absolute atomic E-state index is 0.0454. The predicted octanol–water partition coefficient (Wildman–Crippen LogP) is 0.383. The average molecular weight is 625 g/mol. The lowest BCUT2D eigenvalue weighted by molar-refractivity contribution is -0.178. The van der Waals surface area contributed by atoms with Gasteiger partial charge in [0.05, 0.1) is 17.2 Å². The van der Waals surface area contributed by atoms with E-state index in [2.05, 4.69) is 5.32 Å². The first kappa shape index (κ1) is 32.2. The standard InChI is InChI=1S/C32H37FN4O8/c1-36(2)10-9-35-31(44)18-11-14(5-7-20(18)33)16-6-8-21(38)23-17(16)12-15-13-19-25(37(3)4)27(40)24(30(34)43)29(42)32(19,45)28(41)22(15)26(23)39/h5-8,11,15,19,24-25,27,38,40-41,45H,9-10,12-13H2,1-4H3,(H2,34,43)(H,35,44)/t15?,19?,24?,25-,27?,32-/m0/s1. The first-order valence-electron chi connectivity index (χ1n) is 14.6. The number of rotatable bonds is 7. The van der Waals surface area contributed by atoms with E-state index >= 15 is 0 Å². The zero-order valence-corrected chi connectivity index (χ0v) is 25.4. The van der Waals surface area contributed by atoms with Crippen molar-refractivity contribution < 1.29 is 44.0 Å². The minimum Gasteiger partial charge on any atom is -0.508 e. The summed E-state index contributed by atoms with van der Waals surface area (Å²) in [4.78, 5) is 55.9. The smallest absolute Gasteiger partial charge is 0.254 e. The van der Waals surface area contributed by atoms with E-state index < -0.39 is 76.2 Å². The maximum absolute atomic E-state index is 14.8. The van der Waals surface area contributed by atoms with Crippen LogP contribution < -0.4 is 11.1 Å². The Bertz CT molecular complexity index is 1640. The van der Waals surface area contributed by atoms with Gasteiger partial charge < -0.3 is 41.3 Å². The molecule has 5 rings (SSSR count). The number of phenols is 1. The van der Waals surface area contributed by atoms with Gasteiger partial charge in [0, 0.05) is 30.6 Å². The lowest BCUT2D eigenvalue weighted by atomic mass is 9.55. The fourth-order valence-corrected chi connectivity index (χ4v) is 7.23. The molecule has 13 heteroatoms. The van der Waals surface area contributed by atoms with Gasteiger partial charge in [-0.05, 0) is 81.8 Å².